The van der Waals surface area contributed by atoms with Crippen LogP contribution in [-0.2, 0) is 11.3 Å². The molecule has 5 nitrogen and oxygen atoms in total. The van der Waals surface area contributed by atoms with Gasteiger partial charge in [-0.25, -0.2) is 14.8 Å². The van der Waals surface area contributed by atoms with Gasteiger partial charge in [0.2, 0.25) is 0 Å². The standard InChI is InChI=1S/C11H14N2O3/c14-11(15)9-5-12-7-13-10(9)6-16-8-3-1-2-4-8/h5,7-8H,1-4,6H2,(H,14,15). The topological polar surface area (TPSA) is 72.3 Å². The molecule has 0 spiro atoms. The largest absolute Gasteiger partial charge is 0.478 e. The highest BCUT2D eigenvalue weighted by Crippen LogP contribution is 2.22. The van der Waals surface area contributed by atoms with Crippen molar-refractivity contribution in [1.82, 2.24) is 9.97 Å². The van der Waals surface area contributed by atoms with Gasteiger partial charge in [0.25, 0.3) is 0 Å². The maximum Gasteiger partial charge on any atom is 0.339 e. The Labute approximate surface area is 93.5 Å². The molecule has 1 saturated carbocycles. The number of ether oxygens (including phenoxy) is 1. The van der Waals surface area contributed by atoms with Crippen LogP contribution >= 0.6 is 0 Å². The summed E-state index contributed by atoms with van der Waals surface area (Å²) < 4.78 is 5.63. The quantitative estimate of drug-likeness (QED) is 0.838. The molecule has 0 unspecified atom stereocenters. The fourth-order valence-electron chi connectivity index (χ4n) is 1.90. The first-order valence-corrected chi connectivity index (χ1v) is 5.41. The normalized spacial score (nSPS) is 16.5. The lowest BCUT2D eigenvalue weighted by molar-refractivity contribution is 0.0420. The minimum atomic E-state index is -1.01. The third-order valence-corrected chi connectivity index (χ3v) is 2.78. The summed E-state index contributed by atoms with van der Waals surface area (Å²) in [5.41, 5.74) is 0.579. The molecule has 0 radical (unpaired) electrons. The van der Waals surface area contributed by atoms with Crippen LogP contribution in [0.2, 0.25) is 0 Å². The second-order valence-electron chi connectivity index (χ2n) is 3.91. The number of rotatable bonds is 4. The molecule has 1 aliphatic rings. The molecule has 2 rings (SSSR count). The van der Waals surface area contributed by atoms with Crippen molar-refractivity contribution in [2.24, 2.45) is 0 Å². The highest BCUT2D eigenvalue weighted by atomic mass is 16.5. The number of hydrogen-bond acceptors (Lipinski definition) is 4. The average Bonchev–Trinajstić information content (AvgIpc) is 2.79. The first kappa shape index (κ1) is 11.0. The van der Waals surface area contributed by atoms with Gasteiger partial charge in [-0.15, -0.1) is 0 Å². The van der Waals surface area contributed by atoms with E-state index in [0.29, 0.717) is 5.69 Å². The van der Waals surface area contributed by atoms with Gasteiger partial charge in [-0.3, -0.25) is 0 Å². The van der Waals surface area contributed by atoms with Crippen LogP contribution in [0.4, 0.5) is 0 Å². The first-order chi connectivity index (χ1) is 7.77. The minimum Gasteiger partial charge on any atom is -0.478 e. The molecular formula is C11H14N2O3. The molecule has 1 fully saturated rings. The Balaban J connectivity index is 2.00. The molecule has 1 N–H and O–H groups in total. The van der Waals surface area contributed by atoms with E-state index in [1.165, 1.54) is 25.4 Å². The van der Waals surface area contributed by atoms with Crippen LogP contribution in [0.5, 0.6) is 0 Å². The molecule has 0 aromatic carbocycles. The van der Waals surface area contributed by atoms with Gasteiger partial charge in [0.05, 0.1) is 18.4 Å². The number of carboxylic acids is 1. The summed E-state index contributed by atoms with van der Waals surface area (Å²) >= 11 is 0. The van der Waals surface area contributed by atoms with Crippen LogP contribution in [0, 0.1) is 0 Å². The van der Waals surface area contributed by atoms with Crippen LogP contribution in [0.1, 0.15) is 41.7 Å². The molecule has 0 aliphatic heterocycles. The minimum absolute atomic E-state index is 0.125. The van der Waals surface area contributed by atoms with E-state index >= 15 is 0 Å². The van der Waals surface area contributed by atoms with Crippen LogP contribution in [0.25, 0.3) is 0 Å². The molecule has 0 saturated heterocycles. The lowest BCUT2D eigenvalue weighted by atomic mass is 10.2. The Hall–Kier alpha value is -1.49. The van der Waals surface area contributed by atoms with E-state index in [1.807, 2.05) is 0 Å². The van der Waals surface area contributed by atoms with Gasteiger partial charge in [0.15, 0.2) is 0 Å². The molecule has 0 atom stereocenters. The summed E-state index contributed by atoms with van der Waals surface area (Å²) in [4.78, 5) is 18.5. The van der Waals surface area contributed by atoms with E-state index in [9.17, 15) is 4.79 Å². The molecule has 0 amide bonds. The average molecular weight is 222 g/mol. The number of nitrogens with zero attached hydrogens (tertiary/aromatic N) is 2. The molecule has 1 aliphatic carbocycles. The predicted octanol–water partition coefficient (Wildman–Crippen LogP) is 1.63. The molecule has 1 heterocycles. The van der Waals surface area contributed by atoms with E-state index in [2.05, 4.69) is 9.97 Å². The summed E-state index contributed by atoms with van der Waals surface area (Å²) in [6, 6.07) is 0. The van der Waals surface area contributed by atoms with Crippen molar-refractivity contribution in [2.75, 3.05) is 0 Å². The summed E-state index contributed by atoms with van der Waals surface area (Å²) in [5.74, 6) is -1.01. The van der Waals surface area contributed by atoms with E-state index in [0.717, 1.165) is 12.8 Å². The van der Waals surface area contributed by atoms with Crippen molar-refractivity contribution in [2.45, 2.75) is 38.4 Å². The summed E-state index contributed by atoms with van der Waals surface area (Å²) in [7, 11) is 0. The van der Waals surface area contributed by atoms with Gasteiger partial charge in [-0.05, 0) is 12.8 Å². The van der Waals surface area contributed by atoms with Crippen molar-refractivity contribution in [3.8, 4) is 0 Å². The fourth-order valence-corrected chi connectivity index (χ4v) is 1.90. The summed E-state index contributed by atoms with van der Waals surface area (Å²) in [6.07, 6.45) is 7.43. The number of carbonyl (C=O) groups is 1. The Morgan fingerprint density at radius 3 is 2.94 bits per heavy atom. The third-order valence-electron chi connectivity index (χ3n) is 2.78. The Morgan fingerprint density at radius 2 is 2.25 bits per heavy atom. The lowest BCUT2D eigenvalue weighted by Gasteiger charge is -2.11. The van der Waals surface area contributed by atoms with Crippen molar-refractivity contribution in [3.63, 3.8) is 0 Å². The van der Waals surface area contributed by atoms with Crippen LogP contribution in [0.3, 0.4) is 0 Å². The number of aromatic carboxylic acids is 1. The molecule has 1 aromatic heterocycles. The zero-order valence-electron chi connectivity index (χ0n) is 8.93. The van der Waals surface area contributed by atoms with Crippen LogP contribution in [-0.4, -0.2) is 27.1 Å². The molecule has 86 valence electrons. The zero-order valence-corrected chi connectivity index (χ0v) is 8.93. The summed E-state index contributed by atoms with van der Waals surface area (Å²) in [6.45, 7) is 0.259. The van der Waals surface area contributed by atoms with Crippen LogP contribution in [0.15, 0.2) is 12.5 Å². The van der Waals surface area contributed by atoms with Crippen molar-refractivity contribution in [1.29, 1.82) is 0 Å². The molecule has 1 aromatic rings. The number of hydrogen-bond donors (Lipinski definition) is 1. The predicted molar refractivity (Wildman–Crippen MR) is 56.0 cm³/mol. The van der Waals surface area contributed by atoms with E-state index in [4.69, 9.17) is 9.84 Å². The van der Waals surface area contributed by atoms with Crippen molar-refractivity contribution >= 4 is 5.97 Å². The Morgan fingerprint density at radius 1 is 1.50 bits per heavy atom. The third kappa shape index (κ3) is 2.55. The summed E-state index contributed by atoms with van der Waals surface area (Å²) in [5, 5.41) is 8.92. The van der Waals surface area contributed by atoms with Gasteiger partial charge < -0.3 is 9.84 Å². The maximum absolute atomic E-state index is 10.9. The second-order valence-corrected chi connectivity index (χ2v) is 3.91. The van der Waals surface area contributed by atoms with Crippen molar-refractivity contribution in [3.05, 3.63) is 23.8 Å². The van der Waals surface area contributed by atoms with Gasteiger partial charge in [-0.2, -0.15) is 0 Å². The first-order valence-electron chi connectivity index (χ1n) is 5.41. The Bertz CT molecular complexity index is 375. The van der Waals surface area contributed by atoms with Crippen molar-refractivity contribution < 1.29 is 14.6 Å². The lowest BCUT2D eigenvalue weighted by Crippen LogP contribution is -2.12. The fraction of sp³-hybridized carbons (Fsp3) is 0.545. The van der Waals surface area contributed by atoms with E-state index in [-0.39, 0.29) is 18.3 Å². The maximum atomic E-state index is 10.9. The van der Waals surface area contributed by atoms with Gasteiger partial charge in [0, 0.05) is 6.20 Å². The highest BCUT2D eigenvalue weighted by molar-refractivity contribution is 5.88. The number of aromatic nitrogens is 2. The highest BCUT2D eigenvalue weighted by Gasteiger charge is 2.17. The smallest absolute Gasteiger partial charge is 0.339 e. The number of carboxylic acid groups (broad SMARTS) is 1. The van der Waals surface area contributed by atoms with E-state index in [1.54, 1.807) is 0 Å². The van der Waals surface area contributed by atoms with Gasteiger partial charge >= 0.3 is 5.97 Å². The monoisotopic (exact) mass is 222 g/mol. The molecule has 5 heteroatoms. The Kier molecular flexibility index (Phi) is 3.46. The second kappa shape index (κ2) is 5.03. The molecular weight excluding hydrogens is 208 g/mol. The van der Waals surface area contributed by atoms with Gasteiger partial charge in [0.1, 0.15) is 11.9 Å². The SMILES string of the molecule is O=C(O)c1cncnc1COC1CCCC1. The zero-order chi connectivity index (χ0) is 11.4. The van der Waals surface area contributed by atoms with Gasteiger partial charge in [-0.1, -0.05) is 12.8 Å². The molecule has 0 bridgehead atoms. The molecule has 16 heavy (non-hydrogen) atoms. The van der Waals surface area contributed by atoms with E-state index < -0.39 is 5.97 Å². The van der Waals surface area contributed by atoms with Crippen LogP contribution < -0.4 is 0 Å².